The zero-order valence-corrected chi connectivity index (χ0v) is 13.5. The number of amidine groups is 1. The third-order valence-corrected chi connectivity index (χ3v) is 3.33. The lowest BCUT2D eigenvalue weighted by atomic mass is 10.0. The van der Waals surface area contributed by atoms with Crippen molar-refractivity contribution in [1.29, 1.82) is 0 Å². The maximum absolute atomic E-state index is 6.26. The van der Waals surface area contributed by atoms with Gasteiger partial charge in [0.2, 0.25) is 0 Å². The van der Waals surface area contributed by atoms with Crippen LogP contribution in [-0.4, -0.2) is 36.5 Å². The summed E-state index contributed by atoms with van der Waals surface area (Å²) in [5.41, 5.74) is 6.47. The van der Waals surface area contributed by atoms with Gasteiger partial charge in [-0.3, -0.25) is 0 Å². The lowest BCUT2D eigenvalue weighted by Crippen LogP contribution is -2.34. The van der Waals surface area contributed by atoms with Crippen LogP contribution in [0.3, 0.4) is 0 Å². The Hall–Kier alpha value is -1.01. The molecular weight excluding hydrogens is 297 g/mol. The molecule has 0 spiro atoms. The molecule has 7 heteroatoms. The van der Waals surface area contributed by atoms with Crippen LogP contribution in [-0.2, 0) is 0 Å². The van der Waals surface area contributed by atoms with Crippen LogP contribution in [0.25, 0.3) is 0 Å². The number of halogens is 2. The van der Waals surface area contributed by atoms with E-state index in [2.05, 4.69) is 10.0 Å². The zero-order valence-electron chi connectivity index (χ0n) is 12.0. The molecule has 0 fully saturated rings. The molecule has 0 saturated heterocycles. The lowest BCUT2D eigenvalue weighted by molar-refractivity contribution is 0.186. The van der Waals surface area contributed by atoms with Gasteiger partial charge >= 0.3 is 0 Å². The monoisotopic (exact) mass is 317 g/mol. The summed E-state index contributed by atoms with van der Waals surface area (Å²) in [6, 6.07) is 5.19. The molecule has 0 heterocycles. The molecule has 0 radical (unpaired) electrons. The molecule has 1 unspecified atom stereocenters. The fourth-order valence-electron chi connectivity index (χ4n) is 1.83. The van der Waals surface area contributed by atoms with Crippen LogP contribution in [0, 0.1) is 0 Å². The van der Waals surface area contributed by atoms with Crippen LogP contribution < -0.4 is 11.6 Å². The first kappa shape index (κ1) is 17.0. The van der Waals surface area contributed by atoms with Crippen molar-refractivity contribution in [2.24, 2.45) is 16.7 Å². The topological polar surface area (TPSA) is 70.9 Å². The van der Waals surface area contributed by atoms with E-state index >= 15 is 0 Å². The smallest absolute Gasteiger partial charge is 0.118 e. The molecule has 4 N–H and O–H groups in total. The van der Waals surface area contributed by atoms with E-state index in [0.29, 0.717) is 15.9 Å². The highest BCUT2D eigenvalue weighted by molar-refractivity contribution is 6.35. The molecule has 1 atom stereocenters. The highest BCUT2D eigenvalue weighted by Crippen LogP contribution is 2.31. The minimum absolute atomic E-state index is 0.166. The van der Waals surface area contributed by atoms with Gasteiger partial charge in [-0.05, 0) is 51.7 Å². The van der Waals surface area contributed by atoms with Gasteiger partial charge in [0.1, 0.15) is 5.84 Å². The van der Waals surface area contributed by atoms with E-state index in [9.17, 15) is 0 Å². The predicted molar refractivity (Wildman–Crippen MR) is 85.7 cm³/mol. The molecule has 0 aromatic heterocycles. The Kier molecular flexibility index (Phi) is 6.55. The number of hydrazine groups is 1. The molecule has 0 bridgehead atoms. The number of rotatable bonds is 6. The number of nitrogens with zero attached hydrogens (tertiary/aromatic N) is 3. The first-order chi connectivity index (χ1) is 9.31. The van der Waals surface area contributed by atoms with Gasteiger partial charge in [-0.1, -0.05) is 29.3 Å². The molecule has 5 nitrogen and oxygen atoms in total. The summed E-state index contributed by atoms with van der Waals surface area (Å²) in [6.45, 7) is 2.53. The van der Waals surface area contributed by atoms with Gasteiger partial charge in [-0.2, -0.15) is 0 Å². The minimum atomic E-state index is -0.166. The quantitative estimate of drug-likeness (QED) is 0.366. The molecule has 0 aliphatic rings. The average molecular weight is 318 g/mol. The Morgan fingerprint density at radius 1 is 1.35 bits per heavy atom. The van der Waals surface area contributed by atoms with E-state index < -0.39 is 0 Å². The zero-order chi connectivity index (χ0) is 15.3. The molecule has 0 saturated carbocycles. The van der Waals surface area contributed by atoms with E-state index in [1.54, 1.807) is 19.1 Å². The largest absolute Gasteiger partial charge is 0.386 e. The molecule has 0 amide bonds. The Morgan fingerprint density at radius 2 is 2.00 bits per heavy atom. The second-order valence-electron chi connectivity index (χ2n) is 4.89. The molecule has 1 aromatic rings. The minimum Gasteiger partial charge on any atom is -0.386 e. The Bertz CT molecular complexity index is 472. The predicted octanol–water partition coefficient (Wildman–Crippen LogP) is 2.45. The Morgan fingerprint density at radius 3 is 2.50 bits per heavy atom. The molecule has 1 aromatic carbocycles. The summed E-state index contributed by atoms with van der Waals surface area (Å²) in [5.74, 6) is 6.40. The molecule has 20 heavy (non-hydrogen) atoms. The van der Waals surface area contributed by atoms with Crippen LogP contribution in [0.4, 0.5) is 0 Å². The summed E-state index contributed by atoms with van der Waals surface area (Å²) < 4.78 is 0. The van der Waals surface area contributed by atoms with Gasteiger partial charge in [-0.15, -0.1) is 5.10 Å². The van der Waals surface area contributed by atoms with Crippen LogP contribution in [0.2, 0.25) is 10.0 Å². The third kappa shape index (κ3) is 5.17. The Labute approximate surface area is 130 Å². The van der Waals surface area contributed by atoms with Gasteiger partial charge < -0.3 is 10.6 Å². The number of hydrogen-bond donors (Lipinski definition) is 2. The fourth-order valence-corrected chi connectivity index (χ4v) is 2.37. The molecule has 0 aliphatic carbocycles. The number of hydrazone groups is 1. The van der Waals surface area contributed by atoms with E-state index in [1.165, 1.54) is 5.12 Å². The summed E-state index contributed by atoms with van der Waals surface area (Å²) >= 11 is 12.2. The third-order valence-electron chi connectivity index (χ3n) is 2.76. The number of nitrogens with two attached hydrogens (primary N) is 2. The summed E-state index contributed by atoms with van der Waals surface area (Å²) in [4.78, 5) is 2.07. The average Bonchev–Trinajstić information content (AvgIpc) is 2.30. The lowest BCUT2D eigenvalue weighted by Gasteiger charge is -2.27. The summed E-state index contributed by atoms with van der Waals surface area (Å²) in [5, 5.41) is 6.61. The van der Waals surface area contributed by atoms with Gasteiger partial charge in [0.05, 0.1) is 6.04 Å². The standard InChI is InChI=1S/C13H21Cl2N5/c1-9(16)18-20(17)13(6-7-19(2)3)11-5-4-10(14)8-12(11)15/h4-5,8,13H,6-7,17H2,1-3H3,(H2,16,18). The maximum atomic E-state index is 6.26. The first-order valence-electron chi connectivity index (χ1n) is 6.25. The highest BCUT2D eigenvalue weighted by Gasteiger charge is 2.20. The van der Waals surface area contributed by atoms with Crippen molar-refractivity contribution >= 4 is 29.0 Å². The van der Waals surface area contributed by atoms with Crippen molar-refractivity contribution in [3.05, 3.63) is 33.8 Å². The van der Waals surface area contributed by atoms with Gasteiger partial charge in [0, 0.05) is 10.0 Å². The van der Waals surface area contributed by atoms with E-state index in [-0.39, 0.29) is 6.04 Å². The van der Waals surface area contributed by atoms with E-state index in [1.807, 2.05) is 20.2 Å². The van der Waals surface area contributed by atoms with Crippen molar-refractivity contribution in [3.63, 3.8) is 0 Å². The molecule has 0 aliphatic heterocycles. The van der Waals surface area contributed by atoms with Gasteiger partial charge in [-0.25, -0.2) is 11.0 Å². The van der Waals surface area contributed by atoms with Crippen molar-refractivity contribution < 1.29 is 0 Å². The number of benzene rings is 1. The van der Waals surface area contributed by atoms with Gasteiger partial charge in [0.25, 0.3) is 0 Å². The van der Waals surface area contributed by atoms with Crippen LogP contribution in [0.5, 0.6) is 0 Å². The van der Waals surface area contributed by atoms with Crippen molar-refractivity contribution in [2.75, 3.05) is 20.6 Å². The highest BCUT2D eigenvalue weighted by atomic mass is 35.5. The normalized spacial score (nSPS) is 13.7. The Balaban J connectivity index is 3.05. The molecular formula is C13H21Cl2N5. The fraction of sp³-hybridized carbons (Fsp3) is 0.462. The van der Waals surface area contributed by atoms with E-state index in [0.717, 1.165) is 18.5 Å². The van der Waals surface area contributed by atoms with Crippen LogP contribution >= 0.6 is 23.2 Å². The number of hydrogen-bond acceptors (Lipinski definition) is 4. The van der Waals surface area contributed by atoms with Crippen molar-refractivity contribution in [2.45, 2.75) is 19.4 Å². The summed E-state index contributed by atoms with van der Waals surface area (Å²) in [7, 11) is 4.00. The van der Waals surface area contributed by atoms with Crippen LogP contribution in [0.1, 0.15) is 24.9 Å². The van der Waals surface area contributed by atoms with Crippen LogP contribution in [0.15, 0.2) is 23.3 Å². The maximum Gasteiger partial charge on any atom is 0.118 e. The second kappa shape index (κ2) is 7.69. The first-order valence-corrected chi connectivity index (χ1v) is 7.01. The van der Waals surface area contributed by atoms with E-state index in [4.69, 9.17) is 34.8 Å². The van der Waals surface area contributed by atoms with Crippen molar-refractivity contribution in [3.8, 4) is 0 Å². The second-order valence-corrected chi connectivity index (χ2v) is 5.74. The van der Waals surface area contributed by atoms with Gasteiger partial charge in [0.15, 0.2) is 0 Å². The molecule has 112 valence electrons. The molecule has 1 rings (SSSR count). The van der Waals surface area contributed by atoms with Crippen molar-refractivity contribution in [1.82, 2.24) is 10.0 Å². The SMILES string of the molecule is C/C(N)=N/N(N)C(CCN(C)C)c1ccc(Cl)cc1Cl. The summed E-state index contributed by atoms with van der Waals surface area (Å²) in [6.07, 6.45) is 0.766.